The van der Waals surface area contributed by atoms with Crippen molar-refractivity contribution < 1.29 is 13.2 Å². The van der Waals surface area contributed by atoms with Crippen LogP contribution in [0.15, 0.2) is 35.7 Å². The SMILES string of the molecule is Cc1cc(C(N)Cc2cccc(C(F)(F)F)c2)cs1. The number of thiophene rings is 1. The predicted octanol–water partition coefficient (Wildman–Crippen LogP) is 4.32. The molecule has 0 aliphatic heterocycles. The summed E-state index contributed by atoms with van der Waals surface area (Å²) in [6.45, 7) is 1.98. The first kappa shape index (κ1) is 14.1. The van der Waals surface area contributed by atoms with Crippen LogP contribution in [0, 0.1) is 6.92 Å². The molecule has 0 amide bonds. The summed E-state index contributed by atoms with van der Waals surface area (Å²) >= 11 is 1.59. The second-order valence-electron chi connectivity index (χ2n) is 4.50. The Balaban J connectivity index is 2.15. The third-order valence-electron chi connectivity index (χ3n) is 2.89. The highest BCUT2D eigenvalue weighted by molar-refractivity contribution is 7.10. The molecule has 1 nitrogen and oxygen atoms in total. The molecule has 1 aromatic carbocycles. The zero-order chi connectivity index (χ0) is 14.0. The number of hydrogen-bond acceptors (Lipinski definition) is 2. The Morgan fingerprint density at radius 1 is 1.26 bits per heavy atom. The van der Waals surface area contributed by atoms with Gasteiger partial charge in [0.1, 0.15) is 0 Å². The molecule has 2 N–H and O–H groups in total. The zero-order valence-electron chi connectivity index (χ0n) is 10.4. The van der Waals surface area contributed by atoms with Crippen LogP contribution in [0.2, 0.25) is 0 Å². The molecule has 1 aromatic heterocycles. The fourth-order valence-electron chi connectivity index (χ4n) is 1.90. The van der Waals surface area contributed by atoms with Crippen LogP contribution in [-0.4, -0.2) is 0 Å². The minimum Gasteiger partial charge on any atom is -0.324 e. The highest BCUT2D eigenvalue weighted by atomic mass is 32.1. The highest BCUT2D eigenvalue weighted by Gasteiger charge is 2.30. The molecule has 0 bridgehead atoms. The van der Waals surface area contributed by atoms with E-state index in [4.69, 9.17) is 5.73 Å². The van der Waals surface area contributed by atoms with Crippen molar-refractivity contribution in [1.82, 2.24) is 0 Å². The van der Waals surface area contributed by atoms with E-state index in [-0.39, 0.29) is 6.04 Å². The second-order valence-corrected chi connectivity index (χ2v) is 5.61. The summed E-state index contributed by atoms with van der Waals surface area (Å²) in [6.07, 6.45) is -3.90. The molecule has 2 aromatic rings. The van der Waals surface area contributed by atoms with Crippen LogP contribution >= 0.6 is 11.3 Å². The van der Waals surface area contributed by atoms with Gasteiger partial charge < -0.3 is 5.73 Å². The van der Waals surface area contributed by atoms with Crippen molar-refractivity contribution >= 4 is 11.3 Å². The third-order valence-corrected chi connectivity index (χ3v) is 3.77. The van der Waals surface area contributed by atoms with Gasteiger partial charge in [0.2, 0.25) is 0 Å². The number of halogens is 3. The number of alkyl halides is 3. The van der Waals surface area contributed by atoms with Crippen molar-refractivity contribution in [2.75, 3.05) is 0 Å². The number of nitrogens with two attached hydrogens (primary N) is 1. The summed E-state index contributed by atoms with van der Waals surface area (Å²) in [4.78, 5) is 1.15. The maximum Gasteiger partial charge on any atom is 0.416 e. The largest absolute Gasteiger partial charge is 0.416 e. The van der Waals surface area contributed by atoms with Gasteiger partial charge in [-0.25, -0.2) is 0 Å². The number of rotatable bonds is 3. The molecule has 19 heavy (non-hydrogen) atoms. The Morgan fingerprint density at radius 3 is 2.58 bits per heavy atom. The molecular formula is C14H14F3NS. The maximum absolute atomic E-state index is 12.6. The normalized spacial score (nSPS) is 13.5. The smallest absolute Gasteiger partial charge is 0.324 e. The lowest BCUT2D eigenvalue weighted by Crippen LogP contribution is -2.13. The first-order valence-corrected chi connectivity index (χ1v) is 6.71. The van der Waals surface area contributed by atoms with Gasteiger partial charge in [0.25, 0.3) is 0 Å². The Labute approximate surface area is 113 Å². The van der Waals surface area contributed by atoms with Crippen LogP contribution in [-0.2, 0) is 12.6 Å². The minimum absolute atomic E-state index is 0.270. The van der Waals surface area contributed by atoms with Crippen molar-refractivity contribution in [3.63, 3.8) is 0 Å². The van der Waals surface area contributed by atoms with Crippen molar-refractivity contribution in [3.05, 3.63) is 57.3 Å². The topological polar surface area (TPSA) is 26.0 Å². The van der Waals surface area contributed by atoms with E-state index < -0.39 is 11.7 Å². The van der Waals surface area contributed by atoms with Crippen LogP contribution in [0.5, 0.6) is 0 Å². The molecule has 5 heteroatoms. The molecule has 1 unspecified atom stereocenters. The molecule has 0 aliphatic carbocycles. The van der Waals surface area contributed by atoms with Gasteiger partial charge in [-0.1, -0.05) is 18.2 Å². The van der Waals surface area contributed by atoms with E-state index in [1.165, 1.54) is 12.1 Å². The Morgan fingerprint density at radius 2 is 2.00 bits per heavy atom. The van der Waals surface area contributed by atoms with Gasteiger partial charge in [-0.2, -0.15) is 13.2 Å². The van der Waals surface area contributed by atoms with E-state index >= 15 is 0 Å². The molecule has 0 saturated carbocycles. The molecule has 0 aliphatic rings. The molecule has 0 saturated heterocycles. The summed E-state index contributed by atoms with van der Waals surface area (Å²) in [5.41, 5.74) is 6.97. The van der Waals surface area contributed by atoms with Gasteiger partial charge >= 0.3 is 6.18 Å². The molecule has 1 atom stereocenters. The van der Waals surface area contributed by atoms with Gasteiger partial charge in [-0.15, -0.1) is 11.3 Å². The van der Waals surface area contributed by atoms with Crippen molar-refractivity contribution in [1.29, 1.82) is 0 Å². The van der Waals surface area contributed by atoms with Gasteiger partial charge in [0, 0.05) is 10.9 Å². The van der Waals surface area contributed by atoms with Gasteiger partial charge in [-0.3, -0.25) is 0 Å². The summed E-state index contributed by atoms with van der Waals surface area (Å²) in [7, 11) is 0. The molecule has 0 spiro atoms. The minimum atomic E-state index is -4.31. The Kier molecular flexibility index (Phi) is 3.96. The maximum atomic E-state index is 12.6. The van der Waals surface area contributed by atoms with Crippen LogP contribution in [0.1, 0.15) is 27.6 Å². The first-order valence-electron chi connectivity index (χ1n) is 5.83. The quantitative estimate of drug-likeness (QED) is 0.893. The van der Waals surface area contributed by atoms with Crippen LogP contribution in [0.25, 0.3) is 0 Å². The molecule has 0 fully saturated rings. The lowest BCUT2D eigenvalue weighted by atomic mass is 10.00. The zero-order valence-corrected chi connectivity index (χ0v) is 11.2. The van der Waals surface area contributed by atoms with E-state index in [1.54, 1.807) is 17.4 Å². The van der Waals surface area contributed by atoms with Crippen molar-refractivity contribution in [2.45, 2.75) is 25.6 Å². The molecule has 0 radical (unpaired) electrons. The monoisotopic (exact) mass is 285 g/mol. The first-order chi connectivity index (χ1) is 8.86. The van der Waals surface area contributed by atoms with Crippen molar-refractivity contribution in [2.24, 2.45) is 5.73 Å². The number of benzene rings is 1. The summed E-state index contributed by atoms with van der Waals surface area (Å²) in [5, 5.41) is 1.95. The lowest BCUT2D eigenvalue weighted by Gasteiger charge is -2.12. The Hall–Kier alpha value is -1.33. The number of hydrogen-bond donors (Lipinski definition) is 1. The van der Waals surface area contributed by atoms with E-state index in [9.17, 15) is 13.2 Å². The van der Waals surface area contributed by atoms with Crippen LogP contribution in [0.3, 0.4) is 0 Å². The summed E-state index contributed by atoms with van der Waals surface area (Å²) < 4.78 is 37.8. The average Bonchev–Trinajstić information content (AvgIpc) is 2.75. The Bertz CT molecular complexity index is 560. The standard InChI is InChI=1S/C14H14F3NS/c1-9-5-11(8-19-9)13(18)7-10-3-2-4-12(6-10)14(15,16)17/h2-6,8,13H,7,18H2,1H3. The summed E-state index contributed by atoms with van der Waals surface area (Å²) in [5.74, 6) is 0. The van der Waals surface area contributed by atoms with Crippen LogP contribution < -0.4 is 5.73 Å². The van der Waals surface area contributed by atoms with E-state index in [2.05, 4.69) is 0 Å². The fraction of sp³-hybridized carbons (Fsp3) is 0.286. The fourth-order valence-corrected chi connectivity index (χ4v) is 2.67. The molecule has 2 rings (SSSR count). The number of aryl methyl sites for hydroxylation is 1. The van der Waals surface area contributed by atoms with Crippen molar-refractivity contribution in [3.8, 4) is 0 Å². The van der Waals surface area contributed by atoms with Gasteiger partial charge in [-0.05, 0) is 42.0 Å². The average molecular weight is 285 g/mol. The molecule has 102 valence electrons. The summed E-state index contributed by atoms with van der Waals surface area (Å²) in [6, 6.07) is 7.04. The van der Waals surface area contributed by atoms with E-state index in [0.29, 0.717) is 12.0 Å². The molecule has 1 heterocycles. The lowest BCUT2D eigenvalue weighted by molar-refractivity contribution is -0.137. The van der Waals surface area contributed by atoms with Gasteiger partial charge in [0.15, 0.2) is 0 Å². The van der Waals surface area contributed by atoms with Crippen LogP contribution in [0.4, 0.5) is 13.2 Å². The second kappa shape index (κ2) is 5.35. The van der Waals surface area contributed by atoms with E-state index in [1.807, 2.05) is 18.4 Å². The third kappa shape index (κ3) is 3.58. The van der Waals surface area contributed by atoms with E-state index in [0.717, 1.165) is 16.5 Å². The molecular weight excluding hydrogens is 271 g/mol. The predicted molar refractivity (Wildman–Crippen MR) is 71.1 cm³/mol. The highest BCUT2D eigenvalue weighted by Crippen LogP contribution is 2.30. The van der Waals surface area contributed by atoms with Gasteiger partial charge in [0.05, 0.1) is 5.56 Å².